The predicted octanol–water partition coefficient (Wildman–Crippen LogP) is 2.53. The van der Waals surface area contributed by atoms with Crippen LogP contribution in [0, 0.1) is 18.3 Å². The second kappa shape index (κ2) is 7.00. The summed E-state index contributed by atoms with van der Waals surface area (Å²) < 4.78 is 1.93. The molecule has 0 saturated heterocycles. The van der Waals surface area contributed by atoms with Gasteiger partial charge in [-0.25, -0.2) is 15.0 Å². The van der Waals surface area contributed by atoms with Crippen molar-refractivity contribution in [1.82, 2.24) is 19.5 Å². The third kappa shape index (κ3) is 2.81. The quantitative estimate of drug-likeness (QED) is 0.357. The molecule has 1 aromatic carbocycles. The molecule has 1 saturated carbocycles. The highest BCUT2D eigenvalue weighted by Crippen LogP contribution is 2.59. The third-order valence-electron chi connectivity index (χ3n) is 7.65. The molecule has 0 unspecified atom stereocenters. The maximum absolute atomic E-state index is 11.2. The van der Waals surface area contributed by atoms with Crippen molar-refractivity contribution in [2.75, 3.05) is 11.5 Å². The lowest BCUT2D eigenvalue weighted by Gasteiger charge is -2.42. The first kappa shape index (κ1) is 20.1. The largest absolute Gasteiger partial charge is 0.389 e. The van der Waals surface area contributed by atoms with Crippen molar-refractivity contribution < 1.29 is 10.2 Å². The van der Waals surface area contributed by atoms with Crippen LogP contribution in [0.25, 0.3) is 21.9 Å². The molecule has 3 heterocycles. The zero-order chi connectivity index (χ0) is 22.9. The lowest BCUT2D eigenvalue weighted by Crippen LogP contribution is -2.41. The Hall–Kier alpha value is -3.49. The Labute approximate surface area is 190 Å². The van der Waals surface area contributed by atoms with Crippen LogP contribution in [-0.4, -0.2) is 41.9 Å². The maximum atomic E-state index is 11.2. The van der Waals surface area contributed by atoms with E-state index in [9.17, 15) is 10.2 Å². The van der Waals surface area contributed by atoms with Gasteiger partial charge in [-0.3, -0.25) is 0 Å². The Bertz CT molecular complexity index is 1430. The Morgan fingerprint density at radius 3 is 2.73 bits per heavy atom. The number of hydrogen-bond donors (Lipinski definition) is 4. The summed E-state index contributed by atoms with van der Waals surface area (Å²) in [6.45, 7) is 1.95. The van der Waals surface area contributed by atoms with Crippen LogP contribution in [0.1, 0.15) is 23.6 Å². The second-order valence-corrected chi connectivity index (χ2v) is 9.36. The number of fused-ring (bicyclic) bond motifs is 3. The normalized spacial score (nSPS) is 28.3. The van der Waals surface area contributed by atoms with Gasteiger partial charge in [-0.2, -0.15) is 0 Å². The van der Waals surface area contributed by atoms with Gasteiger partial charge in [0.1, 0.15) is 29.7 Å². The summed E-state index contributed by atoms with van der Waals surface area (Å²) in [7, 11) is 0. The summed E-state index contributed by atoms with van der Waals surface area (Å²) in [5, 5.41) is 24.0. The molecule has 0 amide bonds. The minimum absolute atomic E-state index is 0.00818. The van der Waals surface area contributed by atoms with Crippen LogP contribution in [-0.2, 0) is 6.42 Å². The van der Waals surface area contributed by atoms with Gasteiger partial charge in [-0.05, 0) is 49.1 Å². The molecule has 8 nitrogen and oxygen atoms in total. The number of rotatable bonds is 4. The number of nitrogen functional groups attached to an aromatic ring is 2. The molecule has 0 aliphatic heterocycles. The summed E-state index contributed by atoms with van der Waals surface area (Å²) in [6.07, 6.45) is 7.13. The van der Waals surface area contributed by atoms with Crippen molar-refractivity contribution in [3.8, 4) is 0 Å². The number of nitrogens with zero attached hydrogens (tertiary/aromatic N) is 4. The molecule has 1 fully saturated rings. The Morgan fingerprint density at radius 1 is 1.09 bits per heavy atom. The van der Waals surface area contributed by atoms with Crippen LogP contribution in [0.3, 0.4) is 0 Å². The number of nitrogens with two attached hydrogens (primary N) is 2. The standard InChI is InChI=1S/C25H26N6O2/c1-13-10-15-3-2-14(11-18(15)30-22(13)26)4-7-25-8-5-17(25)19(20(32)21(25)33)31-9-6-16-23(27)28-12-29-24(16)31/h2-3,5-6,8-12,17,19-21,32-33H,4,7H2,1H3,(H2,26,30)(H2,27,28,29)/t17-,19-,20+,21+,25-/m1/s1. The smallest absolute Gasteiger partial charge is 0.145 e. The Morgan fingerprint density at radius 2 is 1.94 bits per heavy atom. The number of aryl methyl sites for hydroxylation is 2. The molecule has 2 aliphatic rings. The van der Waals surface area contributed by atoms with Gasteiger partial charge >= 0.3 is 0 Å². The summed E-state index contributed by atoms with van der Waals surface area (Å²) in [5.41, 5.74) is 15.1. The SMILES string of the molecule is Cc1cc2ccc(CC[C@@]34C=C[C@@H]3[C@@H](n3ccc5c(N)ncnc53)[C@H](O)[C@@H]4O)cc2nc1N. The topological polar surface area (TPSA) is 136 Å². The second-order valence-electron chi connectivity index (χ2n) is 9.36. The lowest BCUT2D eigenvalue weighted by atomic mass is 9.64. The molecule has 6 rings (SSSR count). The predicted molar refractivity (Wildman–Crippen MR) is 127 cm³/mol. The first-order valence-electron chi connectivity index (χ1n) is 11.2. The van der Waals surface area contributed by atoms with Gasteiger partial charge in [0.25, 0.3) is 0 Å². The van der Waals surface area contributed by atoms with E-state index >= 15 is 0 Å². The van der Waals surface area contributed by atoms with Gasteiger partial charge in [0.15, 0.2) is 0 Å². The van der Waals surface area contributed by atoms with Crippen LogP contribution >= 0.6 is 0 Å². The van der Waals surface area contributed by atoms with Crippen LogP contribution in [0.2, 0.25) is 0 Å². The van der Waals surface area contributed by atoms with Gasteiger partial charge in [-0.15, -0.1) is 0 Å². The number of hydrogen-bond acceptors (Lipinski definition) is 7. The van der Waals surface area contributed by atoms with Gasteiger partial charge in [0, 0.05) is 22.9 Å². The highest BCUT2D eigenvalue weighted by atomic mass is 16.3. The van der Waals surface area contributed by atoms with E-state index in [-0.39, 0.29) is 12.0 Å². The molecule has 0 bridgehead atoms. The average molecular weight is 443 g/mol. The zero-order valence-corrected chi connectivity index (χ0v) is 18.3. The maximum Gasteiger partial charge on any atom is 0.145 e. The molecule has 0 spiro atoms. The number of aromatic nitrogens is 4. The molecule has 168 valence electrons. The van der Waals surface area contributed by atoms with Gasteiger partial charge in [0.05, 0.1) is 23.0 Å². The number of aliphatic hydroxyl groups is 2. The summed E-state index contributed by atoms with van der Waals surface area (Å²) in [4.78, 5) is 13.0. The highest BCUT2D eigenvalue weighted by Gasteiger charge is 2.61. The molecular weight excluding hydrogens is 416 g/mol. The van der Waals surface area contributed by atoms with Crippen molar-refractivity contribution in [1.29, 1.82) is 0 Å². The summed E-state index contributed by atoms with van der Waals surface area (Å²) >= 11 is 0. The van der Waals surface area contributed by atoms with Crippen LogP contribution in [0.15, 0.2) is 55.0 Å². The van der Waals surface area contributed by atoms with E-state index in [2.05, 4.69) is 45.3 Å². The van der Waals surface area contributed by atoms with E-state index < -0.39 is 17.6 Å². The van der Waals surface area contributed by atoms with Gasteiger partial charge in [-0.1, -0.05) is 24.3 Å². The van der Waals surface area contributed by atoms with Gasteiger partial charge < -0.3 is 26.2 Å². The monoisotopic (exact) mass is 442 g/mol. The van der Waals surface area contributed by atoms with Crippen molar-refractivity contribution in [3.63, 3.8) is 0 Å². The first-order valence-corrected chi connectivity index (χ1v) is 11.2. The number of aliphatic hydroxyl groups excluding tert-OH is 2. The Balaban J connectivity index is 1.30. The zero-order valence-electron chi connectivity index (χ0n) is 18.3. The van der Waals surface area contributed by atoms with E-state index in [1.807, 2.05) is 29.8 Å². The van der Waals surface area contributed by atoms with Crippen molar-refractivity contribution >= 4 is 33.6 Å². The fourth-order valence-electron chi connectivity index (χ4n) is 5.72. The van der Waals surface area contributed by atoms with E-state index in [4.69, 9.17) is 11.5 Å². The van der Waals surface area contributed by atoms with Crippen molar-refractivity contribution in [2.45, 2.75) is 38.0 Å². The number of anilines is 2. The number of benzene rings is 1. The minimum Gasteiger partial charge on any atom is -0.389 e. The minimum atomic E-state index is -0.919. The van der Waals surface area contributed by atoms with Gasteiger partial charge in [0.2, 0.25) is 0 Å². The molecule has 4 aromatic rings. The molecule has 0 radical (unpaired) electrons. The fourth-order valence-corrected chi connectivity index (χ4v) is 5.72. The van der Waals surface area contributed by atoms with Crippen molar-refractivity contribution in [3.05, 3.63) is 66.1 Å². The lowest BCUT2D eigenvalue weighted by molar-refractivity contribution is -0.0192. The number of allylic oxidation sites excluding steroid dienone is 1. The van der Waals surface area contributed by atoms with Crippen LogP contribution in [0.5, 0.6) is 0 Å². The van der Waals surface area contributed by atoms with E-state index in [0.717, 1.165) is 33.8 Å². The average Bonchev–Trinajstić information content (AvgIpc) is 3.27. The number of pyridine rings is 1. The molecule has 5 atom stereocenters. The molecule has 33 heavy (non-hydrogen) atoms. The van der Waals surface area contributed by atoms with E-state index in [0.29, 0.717) is 23.7 Å². The Kier molecular flexibility index (Phi) is 4.27. The fraction of sp³-hybridized carbons (Fsp3) is 0.320. The molecule has 3 aromatic heterocycles. The summed E-state index contributed by atoms with van der Waals surface area (Å²) in [5.74, 6) is 0.940. The van der Waals surface area contributed by atoms with E-state index in [1.165, 1.54) is 6.33 Å². The molecule has 2 aliphatic carbocycles. The molecule has 6 N–H and O–H groups in total. The first-order chi connectivity index (χ1) is 15.9. The van der Waals surface area contributed by atoms with Crippen LogP contribution in [0.4, 0.5) is 11.6 Å². The van der Waals surface area contributed by atoms with Crippen molar-refractivity contribution in [2.24, 2.45) is 11.3 Å². The van der Waals surface area contributed by atoms with Crippen LogP contribution < -0.4 is 11.5 Å². The molecule has 8 heteroatoms. The van der Waals surface area contributed by atoms with E-state index in [1.54, 1.807) is 0 Å². The molecular formula is C25H26N6O2. The third-order valence-corrected chi connectivity index (χ3v) is 7.65. The summed E-state index contributed by atoms with van der Waals surface area (Å²) in [6, 6.07) is 9.81. The highest BCUT2D eigenvalue weighted by molar-refractivity contribution is 5.86.